The van der Waals surface area contributed by atoms with Crippen LogP contribution in [0.5, 0.6) is 0 Å². The zero-order valence-corrected chi connectivity index (χ0v) is 12.2. The molecule has 2 rings (SSSR count). The van der Waals surface area contributed by atoms with Crippen LogP contribution in [0.15, 0.2) is 24.3 Å². The largest absolute Gasteiger partial charge is 0.370 e. The minimum atomic E-state index is -0.272. The molecular weight excluding hydrogens is 253 g/mol. The van der Waals surface area contributed by atoms with E-state index in [1.165, 1.54) is 12.1 Å². The van der Waals surface area contributed by atoms with Crippen LogP contribution in [0.4, 0.5) is 10.2 Å². The van der Waals surface area contributed by atoms with E-state index in [2.05, 4.69) is 29.1 Å². The van der Waals surface area contributed by atoms with Crippen LogP contribution in [0.25, 0.3) is 11.4 Å². The summed E-state index contributed by atoms with van der Waals surface area (Å²) in [6.07, 6.45) is 1.91. The summed E-state index contributed by atoms with van der Waals surface area (Å²) in [5, 5.41) is 3.33. The first kappa shape index (κ1) is 14.4. The van der Waals surface area contributed by atoms with Crippen molar-refractivity contribution < 1.29 is 4.39 Å². The lowest BCUT2D eigenvalue weighted by molar-refractivity contribution is 0.628. The van der Waals surface area contributed by atoms with Crippen LogP contribution < -0.4 is 5.32 Å². The quantitative estimate of drug-likeness (QED) is 0.895. The molecule has 2 aromatic rings. The average molecular weight is 273 g/mol. The molecule has 0 fully saturated rings. The molecule has 4 heteroatoms. The van der Waals surface area contributed by atoms with Gasteiger partial charge in [0.25, 0.3) is 0 Å². The summed E-state index contributed by atoms with van der Waals surface area (Å²) in [5.74, 6) is 1.16. The lowest BCUT2D eigenvalue weighted by Crippen LogP contribution is -2.09. The minimum Gasteiger partial charge on any atom is -0.370 e. The summed E-state index contributed by atoms with van der Waals surface area (Å²) in [6.45, 7) is 7.04. The molecule has 0 aliphatic carbocycles. The molecule has 0 amide bonds. The Morgan fingerprint density at radius 3 is 2.65 bits per heavy atom. The summed E-state index contributed by atoms with van der Waals surface area (Å²) in [7, 11) is 0. The first-order valence-corrected chi connectivity index (χ1v) is 7.03. The van der Waals surface area contributed by atoms with Gasteiger partial charge >= 0.3 is 0 Å². The van der Waals surface area contributed by atoms with Crippen LogP contribution in [0.1, 0.15) is 31.5 Å². The lowest BCUT2D eigenvalue weighted by atomic mass is 10.1. The highest BCUT2D eigenvalue weighted by Gasteiger charge is 2.11. The maximum atomic E-state index is 13.3. The van der Waals surface area contributed by atoms with Gasteiger partial charge in [0.1, 0.15) is 11.6 Å². The zero-order valence-electron chi connectivity index (χ0n) is 12.2. The Balaban J connectivity index is 2.47. The van der Waals surface area contributed by atoms with E-state index >= 15 is 0 Å². The fourth-order valence-corrected chi connectivity index (χ4v) is 2.17. The van der Waals surface area contributed by atoms with Crippen molar-refractivity contribution in [3.63, 3.8) is 0 Å². The molecule has 1 aromatic carbocycles. The summed E-state index contributed by atoms with van der Waals surface area (Å²) < 4.78 is 13.3. The van der Waals surface area contributed by atoms with E-state index in [0.29, 0.717) is 11.4 Å². The second-order valence-corrected chi connectivity index (χ2v) is 4.75. The van der Waals surface area contributed by atoms with Crippen LogP contribution in [0.2, 0.25) is 0 Å². The molecule has 1 N–H and O–H groups in total. The highest BCUT2D eigenvalue weighted by atomic mass is 19.1. The highest BCUT2D eigenvalue weighted by molar-refractivity contribution is 5.60. The number of rotatable bonds is 5. The van der Waals surface area contributed by atoms with Crippen molar-refractivity contribution in [2.24, 2.45) is 0 Å². The van der Waals surface area contributed by atoms with Gasteiger partial charge in [0, 0.05) is 23.4 Å². The number of nitrogens with one attached hydrogen (secondary N) is 1. The summed E-state index contributed by atoms with van der Waals surface area (Å²) in [4.78, 5) is 9.07. The number of anilines is 1. The van der Waals surface area contributed by atoms with E-state index in [1.807, 2.05) is 13.0 Å². The molecule has 0 radical (unpaired) electrons. The molecule has 1 aromatic heterocycles. The number of benzene rings is 1. The molecule has 0 unspecified atom stereocenters. The second kappa shape index (κ2) is 6.46. The molecule has 106 valence electrons. The van der Waals surface area contributed by atoms with Crippen molar-refractivity contribution >= 4 is 5.82 Å². The maximum absolute atomic E-state index is 13.3. The van der Waals surface area contributed by atoms with Gasteiger partial charge in [-0.1, -0.05) is 26.0 Å². The van der Waals surface area contributed by atoms with Crippen molar-refractivity contribution in [1.29, 1.82) is 0 Å². The fraction of sp³-hybridized carbons (Fsp3) is 0.375. The lowest BCUT2D eigenvalue weighted by Gasteiger charge is -2.13. The van der Waals surface area contributed by atoms with E-state index in [4.69, 9.17) is 0 Å². The predicted molar refractivity (Wildman–Crippen MR) is 80.3 cm³/mol. The Labute approximate surface area is 119 Å². The van der Waals surface area contributed by atoms with Crippen LogP contribution in [0.3, 0.4) is 0 Å². The van der Waals surface area contributed by atoms with Gasteiger partial charge in [-0.2, -0.15) is 0 Å². The molecule has 20 heavy (non-hydrogen) atoms. The third-order valence-corrected chi connectivity index (χ3v) is 3.19. The Morgan fingerprint density at radius 1 is 1.20 bits per heavy atom. The third-order valence-electron chi connectivity index (χ3n) is 3.19. The van der Waals surface area contributed by atoms with Gasteiger partial charge in [-0.25, -0.2) is 14.4 Å². The Hall–Kier alpha value is -1.97. The Bertz CT molecular complexity index is 596. The van der Waals surface area contributed by atoms with Crippen LogP contribution in [-0.4, -0.2) is 16.5 Å². The van der Waals surface area contributed by atoms with E-state index in [-0.39, 0.29) is 5.82 Å². The number of hydrogen-bond acceptors (Lipinski definition) is 3. The van der Waals surface area contributed by atoms with Gasteiger partial charge in [-0.15, -0.1) is 0 Å². The summed E-state index contributed by atoms with van der Waals surface area (Å²) in [5.41, 5.74) is 2.77. The number of aromatic nitrogens is 2. The number of hydrogen-bond donors (Lipinski definition) is 1. The maximum Gasteiger partial charge on any atom is 0.161 e. The predicted octanol–water partition coefficient (Wildman–Crippen LogP) is 3.98. The molecule has 0 saturated carbocycles. The Morgan fingerprint density at radius 2 is 2.00 bits per heavy atom. The molecule has 3 nitrogen and oxygen atoms in total. The smallest absolute Gasteiger partial charge is 0.161 e. The van der Waals surface area contributed by atoms with Crippen LogP contribution in [-0.2, 0) is 6.42 Å². The summed E-state index contributed by atoms with van der Waals surface area (Å²) in [6, 6.07) is 6.39. The standard InChI is InChI=1S/C16H20FN3/c1-4-9-18-16-14(5-2)11(3)19-15(20-16)12-7-6-8-13(17)10-12/h6-8,10H,4-5,9H2,1-3H3,(H,18,19,20). The van der Waals surface area contributed by atoms with Crippen molar-refractivity contribution in [2.45, 2.75) is 33.6 Å². The van der Waals surface area contributed by atoms with Crippen LogP contribution >= 0.6 is 0 Å². The number of aryl methyl sites for hydroxylation is 1. The van der Waals surface area contributed by atoms with E-state index in [0.717, 1.165) is 36.5 Å². The molecule has 0 atom stereocenters. The first-order chi connectivity index (χ1) is 9.65. The van der Waals surface area contributed by atoms with E-state index in [9.17, 15) is 4.39 Å². The van der Waals surface area contributed by atoms with Crippen molar-refractivity contribution in [1.82, 2.24) is 9.97 Å². The van der Waals surface area contributed by atoms with Crippen molar-refractivity contribution in [2.75, 3.05) is 11.9 Å². The van der Waals surface area contributed by atoms with Gasteiger partial charge in [0.05, 0.1) is 0 Å². The average Bonchev–Trinajstić information content (AvgIpc) is 2.44. The fourth-order valence-electron chi connectivity index (χ4n) is 2.17. The van der Waals surface area contributed by atoms with Gasteiger partial charge in [0.15, 0.2) is 5.82 Å². The molecule has 0 spiro atoms. The third kappa shape index (κ3) is 3.13. The Kier molecular flexibility index (Phi) is 4.66. The number of nitrogens with zero attached hydrogens (tertiary/aromatic N) is 2. The van der Waals surface area contributed by atoms with Crippen molar-refractivity contribution in [3.8, 4) is 11.4 Å². The van der Waals surface area contributed by atoms with Gasteiger partial charge in [-0.3, -0.25) is 0 Å². The summed E-state index contributed by atoms with van der Waals surface area (Å²) >= 11 is 0. The van der Waals surface area contributed by atoms with E-state index in [1.54, 1.807) is 6.07 Å². The molecule has 0 aliphatic rings. The zero-order chi connectivity index (χ0) is 14.5. The highest BCUT2D eigenvalue weighted by Crippen LogP contribution is 2.23. The first-order valence-electron chi connectivity index (χ1n) is 7.03. The molecule has 1 heterocycles. The van der Waals surface area contributed by atoms with Gasteiger partial charge in [0.2, 0.25) is 0 Å². The van der Waals surface area contributed by atoms with Gasteiger partial charge < -0.3 is 5.32 Å². The van der Waals surface area contributed by atoms with Crippen LogP contribution in [0, 0.1) is 12.7 Å². The monoisotopic (exact) mass is 273 g/mol. The van der Waals surface area contributed by atoms with Gasteiger partial charge in [-0.05, 0) is 31.9 Å². The molecular formula is C16H20FN3. The molecule has 0 bridgehead atoms. The SMILES string of the molecule is CCCNc1nc(-c2cccc(F)c2)nc(C)c1CC. The van der Waals surface area contributed by atoms with Crippen molar-refractivity contribution in [3.05, 3.63) is 41.3 Å². The second-order valence-electron chi connectivity index (χ2n) is 4.75. The molecule has 0 aliphatic heterocycles. The van der Waals surface area contributed by atoms with E-state index < -0.39 is 0 Å². The normalized spacial score (nSPS) is 10.6. The minimum absolute atomic E-state index is 0.272. The topological polar surface area (TPSA) is 37.8 Å². The number of halogens is 1. The molecule has 0 saturated heterocycles.